The van der Waals surface area contributed by atoms with Gasteiger partial charge in [0.05, 0.1) is 0 Å². The Kier molecular flexibility index (Phi) is 4.78. The lowest BCUT2D eigenvalue weighted by Crippen LogP contribution is -2.33. The minimum absolute atomic E-state index is 0.0949. The third kappa shape index (κ3) is 4.28. The van der Waals surface area contributed by atoms with Crippen molar-refractivity contribution in [3.63, 3.8) is 0 Å². The van der Waals surface area contributed by atoms with Crippen LogP contribution in [0.25, 0.3) is 0 Å². The highest BCUT2D eigenvalue weighted by Crippen LogP contribution is 2.09. The van der Waals surface area contributed by atoms with Crippen LogP contribution < -0.4 is 10.1 Å². The number of hydrogen-bond donors (Lipinski definition) is 1. The van der Waals surface area contributed by atoms with Gasteiger partial charge in [0.25, 0.3) is 0 Å². The molecule has 0 aliphatic carbocycles. The third-order valence-electron chi connectivity index (χ3n) is 3.02. The SMILES string of the molecule is O=C(NCCC(=O)N1CCCC1)Oc1ccccc1. The molecule has 1 aliphatic rings. The number of rotatable bonds is 4. The molecule has 2 rings (SSSR count). The number of likely N-dealkylation sites (tertiary alicyclic amines) is 1. The normalized spacial score (nSPS) is 14.2. The van der Waals surface area contributed by atoms with Gasteiger partial charge in [0.2, 0.25) is 5.91 Å². The van der Waals surface area contributed by atoms with Gasteiger partial charge in [-0.15, -0.1) is 0 Å². The molecule has 1 fully saturated rings. The molecule has 0 spiro atoms. The van der Waals surface area contributed by atoms with E-state index in [0.29, 0.717) is 18.7 Å². The Morgan fingerprint density at radius 3 is 2.53 bits per heavy atom. The van der Waals surface area contributed by atoms with Crippen LogP contribution in [0.15, 0.2) is 30.3 Å². The number of carbonyl (C=O) groups is 2. The van der Waals surface area contributed by atoms with Crippen molar-refractivity contribution in [2.45, 2.75) is 19.3 Å². The Bertz CT molecular complexity index is 428. The Morgan fingerprint density at radius 2 is 1.84 bits per heavy atom. The zero-order chi connectivity index (χ0) is 13.5. The van der Waals surface area contributed by atoms with Crippen LogP contribution in [0.4, 0.5) is 4.79 Å². The Labute approximate surface area is 112 Å². The Balaban J connectivity index is 1.65. The van der Waals surface area contributed by atoms with Crippen molar-refractivity contribution in [3.05, 3.63) is 30.3 Å². The number of ether oxygens (including phenoxy) is 1. The molecule has 102 valence electrons. The summed E-state index contributed by atoms with van der Waals surface area (Å²) < 4.78 is 5.05. The number of amides is 2. The maximum atomic E-state index is 11.7. The molecule has 1 heterocycles. The van der Waals surface area contributed by atoms with Gasteiger partial charge in [-0.1, -0.05) is 18.2 Å². The monoisotopic (exact) mass is 262 g/mol. The van der Waals surface area contributed by atoms with Crippen molar-refractivity contribution in [3.8, 4) is 5.75 Å². The molecule has 0 atom stereocenters. The van der Waals surface area contributed by atoms with Crippen molar-refractivity contribution >= 4 is 12.0 Å². The van der Waals surface area contributed by atoms with Crippen molar-refractivity contribution in [1.82, 2.24) is 10.2 Å². The largest absolute Gasteiger partial charge is 0.412 e. The van der Waals surface area contributed by atoms with Gasteiger partial charge in [0.15, 0.2) is 0 Å². The van der Waals surface area contributed by atoms with Crippen LogP contribution in [0.5, 0.6) is 5.75 Å². The molecule has 1 aliphatic heterocycles. The van der Waals surface area contributed by atoms with Gasteiger partial charge in [-0.2, -0.15) is 0 Å². The summed E-state index contributed by atoms with van der Waals surface area (Å²) in [5.74, 6) is 0.586. The van der Waals surface area contributed by atoms with Gasteiger partial charge >= 0.3 is 6.09 Å². The van der Waals surface area contributed by atoms with E-state index < -0.39 is 6.09 Å². The fourth-order valence-electron chi connectivity index (χ4n) is 2.03. The molecule has 2 amide bonds. The second-order valence-electron chi connectivity index (χ2n) is 4.47. The molecular formula is C14H18N2O3. The fourth-order valence-corrected chi connectivity index (χ4v) is 2.03. The van der Waals surface area contributed by atoms with E-state index in [2.05, 4.69) is 5.32 Å². The Hall–Kier alpha value is -2.04. The number of nitrogens with one attached hydrogen (secondary N) is 1. The molecule has 1 N–H and O–H groups in total. The molecule has 1 saturated heterocycles. The zero-order valence-electron chi connectivity index (χ0n) is 10.8. The van der Waals surface area contributed by atoms with Crippen molar-refractivity contribution in [2.75, 3.05) is 19.6 Å². The highest BCUT2D eigenvalue weighted by atomic mass is 16.6. The summed E-state index contributed by atoms with van der Waals surface area (Å²) in [5.41, 5.74) is 0. The van der Waals surface area contributed by atoms with E-state index in [1.807, 2.05) is 11.0 Å². The zero-order valence-corrected chi connectivity index (χ0v) is 10.8. The van der Waals surface area contributed by atoms with Crippen LogP contribution >= 0.6 is 0 Å². The van der Waals surface area contributed by atoms with E-state index in [-0.39, 0.29) is 5.91 Å². The third-order valence-corrected chi connectivity index (χ3v) is 3.02. The minimum atomic E-state index is -0.527. The molecule has 0 radical (unpaired) electrons. The maximum absolute atomic E-state index is 11.7. The number of benzene rings is 1. The van der Waals surface area contributed by atoms with E-state index >= 15 is 0 Å². The second-order valence-corrected chi connectivity index (χ2v) is 4.47. The van der Waals surface area contributed by atoms with Crippen molar-refractivity contribution in [1.29, 1.82) is 0 Å². The van der Waals surface area contributed by atoms with Gasteiger partial charge in [-0.3, -0.25) is 4.79 Å². The Morgan fingerprint density at radius 1 is 1.16 bits per heavy atom. The lowest BCUT2D eigenvalue weighted by atomic mass is 10.3. The summed E-state index contributed by atoms with van der Waals surface area (Å²) in [6.07, 6.45) is 1.95. The lowest BCUT2D eigenvalue weighted by molar-refractivity contribution is -0.129. The molecule has 19 heavy (non-hydrogen) atoms. The molecule has 0 aromatic heterocycles. The van der Waals surface area contributed by atoms with Gasteiger partial charge < -0.3 is 15.0 Å². The second kappa shape index (κ2) is 6.78. The molecule has 1 aromatic carbocycles. The number of nitrogens with zero attached hydrogens (tertiary/aromatic N) is 1. The minimum Gasteiger partial charge on any atom is -0.410 e. The van der Waals surface area contributed by atoms with Crippen molar-refractivity contribution in [2.24, 2.45) is 0 Å². The van der Waals surface area contributed by atoms with Crippen molar-refractivity contribution < 1.29 is 14.3 Å². The molecule has 1 aromatic rings. The number of carbonyl (C=O) groups excluding carboxylic acids is 2. The van der Waals surface area contributed by atoms with E-state index in [4.69, 9.17) is 4.74 Å². The average molecular weight is 262 g/mol. The summed E-state index contributed by atoms with van der Waals surface area (Å²) in [7, 11) is 0. The lowest BCUT2D eigenvalue weighted by Gasteiger charge is -2.15. The van der Waals surface area contributed by atoms with Crippen LogP contribution in [0.2, 0.25) is 0 Å². The quantitative estimate of drug-likeness (QED) is 0.900. The average Bonchev–Trinajstić information content (AvgIpc) is 2.93. The first-order valence-electron chi connectivity index (χ1n) is 6.54. The first-order valence-corrected chi connectivity index (χ1v) is 6.54. The highest BCUT2D eigenvalue weighted by molar-refractivity contribution is 5.77. The summed E-state index contributed by atoms with van der Waals surface area (Å²) in [5, 5.41) is 2.58. The molecule has 0 bridgehead atoms. The first-order chi connectivity index (χ1) is 9.25. The smallest absolute Gasteiger partial charge is 0.410 e. The van der Waals surface area contributed by atoms with Crippen LogP contribution in [0.1, 0.15) is 19.3 Å². The van der Waals surface area contributed by atoms with Crippen LogP contribution in [0, 0.1) is 0 Å². The van der Waals surface area contributed by atoms with E-state index in [0.717, 1.165) is 25.9 Å². The molecule has 0 unspecified atom stereocenters. The van der Waals surface area contributed by atoms with Crippen LogP contribution in [-0.4, -0.2) is 36.5 Å². The topological polar surface area (TPSA) is 58.6 Å². The fraction of sp³-hybridized carbons (Fsp3) is 0.429. The maximum Gasteiger partial charge on any atom is 0.412 e. The van der Waals surface area contributed by atoms with Gasteiger partial charge in [-0.05, 0) is 25.0 Å². The first kappa shape index (κ1) is 13.4. The number of para-hydroxylation sites is 1. The predicted octanol–water partition coefficient (Wildman–Crippen LogP) is 1.79. The van der Waals surface area contributed by atoms with E-state index in [1.54, 1.807) is 24.3 Å². The number of hydrogen-bond acceptors (Lipinski definition) is 3. The summed E-state index contributed by atoms with van der Waals surface area (Å²) in [4.78, 5) is 25.0. The van der Waals surface area contributed by atoms with E-state index in [1.165, 1.54) is 0 Å². The molecule has 5 nitrogen and oxygen atoms in total. The highest BCUT2D eigenvalue weighted by Gasteiger charge is 2.17. The molecule has 5 heteroatoms. The van der Waals surface area contributed by atoms with Gasteiger partial charge in [0, 0.05) is 26.1 Å². The standard InChI is InChI=1S/C14H18N2O3/c17-13(16-10-4-5-11-16)8-9-15-14(18)19-12-6-2-1-3-7-12/h1-3,6-7H,4-5,8-11H2,(H,15,18). The van der Waals surface area contributed by atoms with E-state index in [9.17, 15) is 9.59 Å². The van der Waals surface area contributed by atoms with Crippen LogP contribution in [-0.2, 0) is 4.79 Å². The summed E-state index contributed by atoms with van der Waals surface area (Å²) >= 11 is 0. The predicted molar refractivity (Wildman–Crippen MR) is 70.9 cm³/mol. The van der Waals surface area contributed by atoms with Gasteiger partial charge in [-0.25, -0.2) is 4.79 Å². The molecular weight excluding hydrogens is 244 g/mol. The molecule has 0 saturated carbocycles. The van der Waals surface area contributed by atoms with Gasteiger partial charge in [0.1, 0.15) is 5.75 Å². The summed E-state index contributed by atoms with van der Waals surface area (Å²) in [6, 6.07) is 8.84. The summed E-state index contributed by atoms with van der Waals surface area (Å²) in [6.45, 7) is 1.99. The van der Waals surface area contributed by atoms with Crippen LogP contribution in [0.3, 0.4) is 0 Å².